The van der Waals surface area contributed by atoms with Gasteiger partial charge in [0, 0.05) is 13.7 Å². The standard InChI is InChI=1S/C12H20N2O4/c1-17-7-9-5-12(3-4-12)8-14(9)10(15)6-13-11(16)18-2/h9H,3-8H2,1-2H3,(H,13,16)/t9-/m0/s1. The Morgan fingerprint density at radius 1 is 1.39 bits per heavy atom. The summed E-state index contributed by atoms with van der Waals surface area (Å²) in [6.07, 6.45) is 2.83. The lowest BCUT2D eigenvalue weighted by atomic mass is 10.0. The molecule has 0 aromatic carbocycles. The van der Waals surface area contributed by atoms with E-state index < -0.39 is 6.09 Å². The van der Waals surface area contributed by atoms with Crippen LogP contribution in [-0.2, 0) is 14.3 Å². The summed E-state index contributed by atoms with van der Waals surface area (Å²) in [6, 6.07) is 0.143. The van der Waals surface area contributed by atoms with Crippen LogP contribution in [-0.4, -0.2) is 56.9 Å². The molecule has 1 aliphatic heterocycles. The first-order chi connectivity index (χ1) is 8.60. The lowest BCUT2D eigenvalue weighted by Gasteiger charge is -2.24. The Balaban J connectivity index is 1.89. The van der Waals surface area contributed by atoms with E-state index in [4.69, 9.17) is 4.74 Å². The number of carbonyl (C=O) groups is 2. The zero-order valence-electron chi connectivity index (χ0n) is 10.9. The number of carbonyl (C=O) groups excluding carboxylic acids is 2. The van der Waals surface area contributed by atoms with Gasteiger partial charge in [-0.25, -0.2) is 4.79 Å². The highest BCUT2D eigenvalue weighted by Gasteiger charge is 2.52. The highest BCUT2D eigenvalue weighted by atomic mass is 16.5. The summed E-state index contributed by atoms with van der Waals surface area (Å²) < 4.78 is 9.61. The van der Waals surface area contributed by atoms with Crippen molar-refractivity contribution in [1.82, 2.24) is 10.2 Å². The summed E-state index contributed by atoms with van der Waals surface area (Å²) in [6.45, 7) is 1.34. The molecule has 1 saturated carbocycles. The molecule has 1 heterocycles. The van der Waals surface area contributed by atoms with Crippen molar-refractivity contribution in [3.8, 4) is 0 Å². The fourth-order valence-corrected chi connectivity index (χ4v) is 2.66. The Labute approximate surface area is 107 Å². The number of nitrogens with one attached hydrogen (secondary N) is 1. The van der Waals surface area contributed by atoms with E-state index in [1.807, 2.05) is 4.90 Å². The molecule has 2 rings (SSSR count). The summed E-state index contributed by atoms with van der Waals surface area (Å²) in [5, 5.41) is 2.43. The number of alkyl carbamates (subject to hydrolysis) is 1. The third-order valence-electron chi connectivity index (χ3n) is 3.82. The van der Waals surface area contributed by atoms with Crippen LogP contribution in [0.25, 0.3) is 0 Å². The Morgan fingerprint density at radius 3 is 2.67 bits per heavy atom. The Morgan fingerprint density at radius 2 is 2.11 bits per heavy atom. The smallest absolute Gasteiger partial charge is 0.407 e. The number of methoxy groups -OCH3 is 2. The molecule has 102 valence electrons. The second kappa shape index (κ2) is 5.14. The van der Waals surface area contributed by atoms with Crippen LogP contribution in [0.4, 0.5) is 4.79 Å². The fraction of sp³-hybridized carbons (Fsp3) is 0.833. The van der Waals surface area contributed by atoms with Crippen LogP contribution in [0.3, 0.4) is 0 Å². The van der Waals surface area contributed by atoms with Gasteiger partial charge in [0.05, 0.1) is 19.8 Å². The largest absolute Gasteiger partial charge is 0.453 e. The maximum absolute atomic E-state index is 12.1. The van der Waals surface area contributed by atoms with Gasteiger partial charge in [-0.05, 0) is 24.7 Å². The van der Waals surface area contributed by atoms with E-state index in [9.17, 15) is 9.59 Å². The normalized spacial score (nSPS) is 24.1. The Bertz CT molecular complexity index is 341. The van der Waals surface area contributed by atoms with Crippen LogP contribution < -0.4 is 5.32 Å². The van der Waals surface area contributed by atoms with Gasteiger partial charge in [0.25, 0.3) is 0 Å². The van der Waals surface area contributed by atoms with Crippen molar-refractivity contribution in [3.05, 3.63) is 0 Å². The quantitative estimate of drug-likeness (QED) is 0.789. The summed E-state index contributed by atoms with van der Waals surface area (Å²) in [4.78, 5) is 24.9. The van der Waals surface area contributed by atoms with E-state index in [1.54, 1.807) is 7.11 Å². The zero-order chi connectivity index (χ0) is 13.2. The molecule has 0 radical (unpaired) electrons. The van der Waals surface area contributed by atoms with Crippen molar-refractivity contribution >= 4 is 12.0 Å². The zero-order valence-corrected chi connectivity index (χ0v) is 10.9. The number of ether oxygens (including phenoxy) is 2. The molecular weight excluding hydrogens is 236 g/mol. The molecule has 2 fully saturated rings. The molecule has 2 amide bonds. The highest BCUT2D eigenvalue weighted by Crippen LogP contribution is 2.54. The van der Waals surface area contributed by atoms with Crippen LogP contribution in [0.15, 0.2) is 0 Å². The number of likely N-dealkylation sites (tertiary alicyclic amines) is 1. The maximum atomic E-state index is 12.1. The first-order valence-corrected chi connectivity index (χ1v) is 6.20. The van der Waals surface area contributed by atoms with Crippen LogP contribution >= 0.6 is 0 Å². The SMILES string of the molecule is COC[C@@H]1CC2(CC2)CN1C(=O)CNC(=O)OC. The minimum atomic E-state index is -0.577. The second-order valence-corrected chi connectivity index (χ2v) is 5.18. The number of hydrogen-bond donors (Lipinski definition) is 1. The molecule has 6 nitrogen and oxygen atoms in total. The minimum absolute atomic E-state index is 0.0109. The van der Waals surface area contributed by atoms with Crippen molar-refractivity contribution in [2.75, 3.05) is 33.9 Å². The molecule has 1 saturated heterocycles. The van der Waals surface area contributed by atoms with Crippen LogP contribution in [0.1, 0.15) is 19.3 Å². The monoisotopic (exact) mass is 256 g/mol. The third-order valence-corrected chi connectivity index (χ3v) is 3.82. The molecule has 0 unspecified atom stereocenters. The Kier molecular flexibility index (Phi) is 3.75. The summed E-state index contributed by atoms with van der Waals surface area (Å²) >= 11 is 0. The average Bonchev–Trinajstić information content (AvgIpc) is 3.01. The molecule has 18 heavy (non-hydrogen) atoms. The van der Waals surface area contributed by atoms with Gasteiger partial charge in [-0.1, -0.05) is 0 Å². The van der Waals surface area contributed by atoms with Gasteiger partial charge < -0.3 is 19.7 Å². The van der Waals surface area contributed by atoms with E-state index in [0.717, 1.165) is 13.0 Å². The van der Waals surface area contributed by atoms with Crippen LogP contribution in [0.5, 0.6) is 0 Å². The molecular formula is C12H20N2O4. The Hall–Kier alpha value is -1.30. The molecule has 0 bridgehead atoms. The average molecular weight is 256 g/mol. The molecule has 6 heteroatoms. The fourth-order valence-electron chi connectivity index (χ4n) is 2.66. The van der Waals surface area contributed by atoms with Crippen molar-refractivity contribution in [1.29, 1.82) is 0 Å². The minimum Gasteiger partial charge on any atom is -0.453 e. The molecule has 1 aliphatic carbocycles. The number of hydrogen-bond acceptors (Lipinski definition) is 4. The van der Waals surface area contributed by atoms with Gasteiger partial charge in [0.2, 0.25) is 5.91 Å². The maximum Gasteiger partial charge on any atom is 0.407 e. The van der Waals surface area contributed by atoms with Crippen molar-refractivity contribution < 1.29 is 19.1 Å². The van der Waals surface area contributed by atoms with Gasteiger partial charge in [-0.2, -0.15) is 0 Å². The molecule has 2 aliphatic rings. The van der Waals surface area contributed by atoms with Crippen LogP contribution in [0.2, 0.25) is 0 Å². The van der Waals surface area contributed by atoms with E-state index in [1.165, 1.54) is 20.0 Å². The van der Waals surface area contributed by atoms with Gasteiger partial charge >= 0.3 is 6.09 Å². The molecule has 1 N–H and O–H groups in total. The molecule has 1 spiro atoms. The first-order valence-electron chi connectivity index (χ1n) is 6.20. The summed E-state index contributed by atoms with van der Waals surface area (Å²) in [7, 11) is 2.93. The summed E-state index contributed by atoms with van der Waals surface area (Å²) in [5.74, 6) is -0.0637. The van der Waals surface area contributed by atoms with Gasteiger partial charge in [-0.15, -0.1) is 0 Å². The van der Waals surface area contributed by atoms with E-state index in [-0.39, 0.29) is 18.5 Å². The van der Waals surface area contributed by atoms with Gasteiger partial charge in [0.15, 0.2) is 0 Å². The topological polar surface area (TPSA) is 67.9 Å². The predicted molar refractivity (Wildman–Crippen MR) is 64.1 cm³/mol. The molecule has 0 aromatic heterocycles. The van der Waals surface area contributed by atoms with E-state index in [2.05, 4.69) is 10.1 Å². The first kappa shape index (κ1) is 13.1. The molecule has 1 atom stereocenters. The highest BCUT2D eigenvalue weighted by molar-refractivity contribution is 5.82. The lowest BCUT2D eigenvalue weighted by Crippen LogP contribution is -2.44. The van der Waals surface area contributed by atoms with Crippen molar-refractivity contribution in [2.45, 2.75) is 25.3 Å². The van der Waals surface area contributed by atoms with E-state index >= 15 is 0 Å². The lowest BCUT2D eigenvalue weighted by molar-refractivity contribution is -0.132. The number of rotatable bonds is 4. The van der Waals surface area contributed by atoms with Crippen molar-refractivity contribution in [2.24, 2.45) is 5.41 Å². The third kappa shape index (κ3) is 2.75. The predicted octanol–water partition coefficient (Wildman–Crippen LogP) is 0.370. The number of amides is 2. The van der Waals surface area contributed by atoms with Crippen LogP contribution in [0, 0.1) is 5.41 Å². The molecule has 0 aromatic rings. The van der Waals surface area contributed by atoms with Gasteiger partial charge in [0.1, 0.15) is 6.54 Å². The second-order valence-electron chi connectivity index (χ2n) is 5.18. The van der Waals surface area contributed by atoms with E-state index in [0.29, 0.717) is 12.0 Å². The summed E-state index contributed by atoms with van der Waals surface area (Å²) in [5.41, 5.74) is 0.337. The number of nitrogens with zero attached hydrogens (tertiary/aromatic N) is 1. The van der Waals surface area contributed by atoms with Crippen molar-refractivity contribution in [3.63, 3.8) is 0 Å². The van der Waals surface area contributed by atoms with Gasteiger partial charge in [-0.3, -0.25) is 4.79 Å².